The smallest absolute Gasteiger partial charge is 0.411 e. The molecule has 4 heteroatoms. The van der Waals surface area contributed by atoms with Crippen molar-refractivity contribution in [1.82, 2.24) is 5.32 Å². The van der Waals surface area contributed by atoms with Crippen LogP contribution in [0.1, 0.15) is 12.5 Å². The molecule has 1 amide bonds. The fourth-order valence-corrected chi connectivity index (χ4v) is 0.877. The molecule has 0 aliphatic carbocycles. The van der Waals surface area contributed by atoms with Gasteiger partial charge in [0.1, 0.15) is 0 Å². The largest absolute Gasteiger partial charge is 0.447 e. The number of hydrogen-bond acceptors (Lipinski definition) is 2. The molecule has 1 N–H and O–H groups in total. The SMILES string of the molecule is C=C(C)NC(=O)OCc1cc[c-]cc1.[Mn]. The predicted octanol–water partition coefficient (Wildman–Crippen LogP) is 2.24. The summed E-state index contributed by atoms with van der Waals surface area (Å²) in [6.07, 6.45) is -0.481. The zero-order valence-electron chi connectivity index (χ0n) is 8.42. The molecule has 0 atom stereocenters. The molecule has 81 valence electrons. The molecule has 0 spiro atoms. The van der Waals surface area contributed by atoms with E-state index in [0.717, 1.165) is 5.56 Å². The van der Waals surface area contributed by atoms with Crippen molar-refractivity contribution >= 4 is 6.09 Å². The van der Waals surface area contributed by atoms with Crippen LogP contribution in [0.5, 0.6) is 0 Å². The van der Waals surface area contributed by atoms with E-state index in [1.165, 1.54) is 0 Å². The Morgan fingerprint density at radius 3 is 2.67 bits per heavy atom. The minimum absolute atomic E-state index is 0. The van der Waals surface area contributed by atoms with E-state index in [1.807, 2.05) is 12.1 Å². The third-order valence-electron chi connectivity index (χ3n) is 1.47. The summed E-state index contributed by atoms with van der Waals surface area (Å²) in [6.45, 7) is 5.48. The molecule has 1 aromatic rings. The normalized spacial score (nSPS) is 8.60. The van der Waals surface area contributed by atoms with Crippen LogP contribution in [-0.4, -0.2) is 6.09 Å². The molecule has 1 radical (unpaired) electrons. The number of rotatable bonds is 3. The third kappa shape index (κ3) is 5.94. The number of allylic oxidation sites excluding steroid dienone is 1. The van der Waals surface area contributed by atoms with Crippen molar-refractivity contribution in [3.63, 3.8) is 0 Å². The Kier molecular flexibility index (Phi) is 6.50. The summed E-state index contributed by atoms with van der Waals surface area (Å²) < 4.78 is 4.91. The first-order valence-corrected chi connectivity index (χ1v) is 4.23. The molecular formula is C11H12MnNO2-. The minimum atomic E-state index is -0.481. The van der Waals surface area contributed by atoms with Gasteiger partial charge in [-0.25, -0.2) is 4.79 Å². The topological polar surface area (TPSA) is 38.3 Å². The Morgan fingerprint density at radius 2 is 2.13 bits per heavy atom. The first-order chi connectivity index (χ1) is 6.68. The molecule has 0 saturated carbocycles. The fraction of sp³-hybridized carbons (Fsp3) is 0.182. The van der Waals surface area contributed by atoms with Crippen molar-refractivity contribution in [1.29, 1.82) is 0 Å². The van der Waals surface area contributed by atoms with Gasteiger partial charge >= 0.3 is 6.09 Å². The van der Waals surface area contributed by atoms with Crippen LogP contribution in [0.2, 0.25) is 0 Å². The van der Waals surface area contributed by atoms with Crippen molar-refractivity contribution in [2.45, 2.75) is 13.5 Å². The van der Waals surface area contributed by atoms with Crippen molar-refractivity contribution in [2.24, 2.45) is 0 Å². The maximum atomic E-state index is 11.0. The summed E-state index contributed by atoms with van der Waals surface area (Å²) in [5, 5.41) is 2.45. The van der Waals surface area contributed by atoms with Crippen LogP contribution in [0.15, 0.2) is 36.5 Å². The Morgan fingerprint density at radius 1 is 1.53 bits per heavy atom. The maximum Gasteiger partial charge on any atom is 0.411 e. The zero-order valence-corrected chi connectivity index (χ0v) is 9.60. The Balaban J connectivity index is 0.00000196. The number of hydrogen-bond donors (Lipinski definition) is 1. The van der Waals surface area contributed by atoms with E-state index in [1.54, 1.807) is 19.1 Å². The first-order valence-electron chi connectivity index (χ1n) is 4.23. The predicted molar refractivity (Wildman–Crippen MR) is 53.4 cm³/mol. The third-order valence-corrected chi connectivity index (χ3v) is 1.47. The van der Waals surface area contributed by atoms with Crippen molar-refractivity contribution in [3.8, 4) is 0 Å². The Bertz CT molecular complexity index is 325. The molecule has 1 rings (SSSR count). The van der Waals surface area contributed by atoms with Gasteiger partial charge in [0.25, 0.3) is 0 Å². The average molecular weight is 245 g/mol. The van der Waals surface area contributed by atoms with E-state index in [9.17, 15) is 4.79 Å². The number of ether oxygens (including phenoxy) is 1. The molecule has 0 aliphatic heterocycles. The number of amides is 1. The Labute approximate surface area is 100.0 Å². The van der Waals surface area contributed by atoms with Crippen LogP contribution in [-0.2, 0) is 28.4 Å². The molecule has 0 aliphatic rings. The summed E-state index contributed by atoms with van der Waals surface area (Å²) in [4.78, 5) is 11.0. The van der Waals surface area contributed by atoms with Crippen molar-refractivity contribution < 1.29 is 26.6 Å². The van der Waals surface area contributed by atoms with Crippen LogP contribution in [0.3, 0.4) is 0 Å². The van der Waals surface area contributed by atoms with Crippen LogP contribution < -0.4 is 5.32 Å². The van der Waals surface area contributed by atoms with Crippen LogP contribution in [0.4, 0.5) is 4.79 Å². The second-order valence-electron chi connectivity index (χ2n) is 2.89. The molecule has 1 aromatic carbocycles. The van der Waals surface area contributed by atoms with Crippen LogP contribution >= 0.6 is 0 Å². The van der Waals surface area contributed by atoms with E-state index < -0.39 is 6.09 Å². The molecule has 0 aromatic heterocycles. The summed E-state index contributed by atoms with van der Waals surface area (Å²) in [5.74, 6) is 0. The number of alkyl carbamates (subject to hydrolysis) is 1. The van der Waals surface area contributed by atoms with Gasteiger partial charge in [-0.15, -0.1) is 5.56 Å². The van der Waals surface area contributed by atoms with E-state index in [4.69, 9.17) is 4.74 Å². The Hall–Kier alpha value is -1.25. The molecule has 3 nitrogen and oxygen atoms in total. The van der Waals surface area contributed by atoms with Gasteiger partial charge in [0.2, 0.25) is 0 Å². The van der Waals surface area contributed by atoms with Crippen molar-refractivity contribution in [2.75, 3.05) is 0 Å². The summed E-state index contributed by atoms with van der Waals surface area (Å²) >= 11 is 0. The van der Waals surface area contributed by atoms with E-state index in [2.05, 4.69) is 18.0 Å². The van der Waals surface area contributed by atoms with Crippen LogP contribution in [0.25, 0.3) is 0 Å². The number of carbonyl (C=O) groups is 1. The van der Waals surface area contributed by atoms with Gasteiger partial charge in [0.05, 0.1) is 6.61 Å². The van der Waals surface area contributed by atoms with Gasteiger partial charge in [-0.2, -0.15) is 30.3 Å². The number of carbonyl (C=O) groups excluding carboxylic acids is 1. The second-order valence-corrected chi connectivity index (χ2v) is 2.89. The molecule has 0 unspecified atom stereocenters. The first kappa shape index (κ1) is 13.7. The molecule has 0 saturated heterocycles. The molecular weight excluding hydrogens is 233 g/mol. The monoisotopic (exact) mass is 245 g/mol. The van der Waals surface area contributed by atoms with Gasteiger partial charge in [-0.1, -0.05) is 6.58 Å². The average Bonchev–Trinajstić information content (AvgIpc) is 2.15. The fourth-order valence-electron chi connectivity index (χ4n) is 0.877. The van der Waals surface area contributed by atoms with E-state index in [0.29, 0.717) is 5.70 Å². The molecule has 0 bridgehead atoms. The number of benzene rings is 1. The maximum absolute atomic E-state index is 11.0. The quantitative estimate of drug-likeness (QED) is 0.655. The summed E-state index contributed by atoms with van der Waals surface area (Å²) in [7, 11) is 0. The zero-order chi connectivity index (χ0) is 10.4. The van der Waals surface area contributed by atoms with Gasteiger partial charge < -0.3 is 4.74 Å². The van der Waals surface area contributed by atoms with Gasteiger partial charge in [-0.05, 0) is 6.92 Å². The molecule has 0 fully saturated rings. The standard InChI is InChI=1S/C11H12NO2.Mn/c1-9(2)12-11(13)14-8-10-6-4-3-5-7-10;/h4-7H,1,8H2,2H3,(H,12,13);/q-1;. The molecule has 0 heterocycles. The van der Waals surface area contributed by atoms with E-state index in [-0.39, 0.29) is 23.7 Å². The minimum Gasteiger partial charge on any atom is -0.447 e. The summed E-state index contributed by atoms with van der Waals surface area (Å²) in [5.41, 5.74) is 1.50. The van der Waals surface area contributed by atoms with Gasteiger partial charge in [0, 0.05) is 22.8 Å². The molecule has 15 heavy (non-hydrogen) atoms. The van der Waals surface area contributed by atoms with Crippen molar-refractivity contribution in [3.05, 3.63) is 48.2 Å². The second kappa shape index (κ2) is 7.10. The number of nitrogens with one attached hydrogen (secondary N) is 1. The summed E-state index contributed by atoms with van der Waals surface area (Å²) in [6, 6.07) is 10.1. The van der Waals surface area contributed by atoms with Gasteiger partial charge in [-0.3, -0.25) is 5.32 Å². The van der Waals surface area contributed by atoms with Crippen LogP contribution in [0, 0.1) is 6.07 Å². The van der Waals surface area contributed by atoms with E-state index >= 15 is 0 Å². The van der Waals surface area contributed by atoms with Gasteiger partial charge in [0.15, 0.2) is 0 Å².